The lowest BCUT2D eigenvalue weighted by atomic mass is 10.0. The zero-order chi connectivity index (χ0) is 12.5. The molecule has 0 fully saturated rings. The van der Waals surface area contributed by atoms with Crippen molar-refractivity contribution in [1.29, 1.82) is 0 Å². The largest absolute Gasteiger partial charge is 0.416 e. The van der Waals surface area contributed by atoms with E-state index in [1.807, 2.05) is 0 Å². The van der Waals surface area contributed by atoms with Gasteiger partial charge < -0.3 is 10.8 Å². The number of alkyl halides is 3. The van der Waals surface area contributed by atoms with Gasteiger partial charge in [0.25, 0.3) is 0 Å². The van der Waals surface area contributed by atoms with Crippen LogP contribution in [0.15, 0.2) is 18.2 Å². The molecular weight excluding hydrogens is 269 g/mol. The Morgan fingerprint density at radius 2 is 1.65 bits per heavy atom. The SMILES string of the molecule is Cl.N[C@H](c1ccc(F)c(F)c1)[C@@H](O)C(F)(F)F. The van der Waals surface area contributed by atoms with Gasteiger partial charge in [-0.05, 0) is 17.7 Å². The molecule has 17 heavy (non-hydrogen) atoms. The fourth-order valence-corrected chi connectivity index (χ4v) is 1.11. The van der Waals surface area contributed by atoms with E-state index < -0.39 is 30.0 Å². The molecule has 0 aliphatic carbocycles. The number of halogens is 6. The van der Waals surface area contributed by atoms with Gasteiger partial charge in [0.1, 0.15) is 0 Å². The highest BCUT2D eigenvalue weighted by Crippen LogP contribution is 2.29. The fourth-order valence-electron chi connectivity index (χ4n) is 1.11. The highest BCUT2D eigenvalue weighted by atomic mass is 35.5. The Balaban J connectivity index is 0.00000256. The minimum atomic E-state index is -4.91. The molecule has 0 aliphatic rings. The topological polar surface area (TPSA) is 46.2 Å². The quantitative estimate of drug-likeness (QED) is 0.815. The van der Waals surface area contributed by atoms with Gasteiger partial charge in [0.05, 0.1) is 6.04 Å². The van der Waals surface area contributed by atoms with Crippen LogP contribution in [0.4, 0.5) is 22.0 Å². The standard InChI is InChI=1S/C9H8F5NO.ClH/c10-5-2-1-4(3-6(5)11)7(15)8(16)9(12,13)14;/h1-3,7-8,16H,15H2;1H/t7-,8-;/m1./s1. The number of benzene rings is 1. The minimum Gasteiger partial charge on any atom is -0.382 e. The molecule has 0 saturated heterocycles. The van der Waals surface area contributed by atoms with Crippen molar-refractivity contribution in [1.82, 2.24) is 0 Å². The normalized spacial score (nSPS) is 15.0. The van der Waals surface area contributed by atoms with Gasteiger partial charge in [-0.15, -0.1) is 12.4 Å². The average Bonchev–Trinajstić information content (AvgIpc) is 2.18. The smallest absolute Gasteiger partial charge is 0.382 e. The summed E-state index contributed by atoms with van der Waals surface area (Å²) in [6, 6.07) is 0.204. The van der Waals surface area contributed by atoms with Crippen LogP contribution in [0.5, 0.6) is 0 Å². The van der Waals surface area contributed by atoms with Crippen LogP contribution in [0, 0.1) is 11.6 Å². The molecule has 0 bridgehead atoms. The van der Waals surface area contributed by atoms with Crippen molar-refractivity contribution in [3.63, 3.8) is 0 Å². The summed E-state index contributed by atoms with van der Waals surface area (Å²) in [6.45, 7) is 0. The lowest BCUT2D eigenvalue weighted by Crippen LogP contribution is -2.38. The molecule has 98 valence electrons. The van der Waals surface area contributed by atoms with E-state index in [4.69, 9.17) is 10.8 Å². The zero-order valence-corrected chi connectivity index (χ0v) is 9.03. The summed E-state index contributed by atoms with van der Waals surface area (Å²) in [6.07, 6.45) is -7.73. The van der Waals surface area contributed by atoms with Gasteiger partial charge in [0.15, 0.2) is 17.7 Å². The number of hydrogen-bond donors (Lipinski definition) is 2. The molecule has 1 rings (SSSR count). The Kier molecular flexibility index (Phi) is 5.31. The monoisotopic (exact) mass is 277 g/mol. The summed E-state index contributed by atoms with van der Waals surface area (Å²) in [5.74, 6) is -2.51. The number of hydrogen-bond acceptors (Lipinski definition) is 2. The predicted molar refractivity (Wildman–Crippen MR) is 52.6 cm³/mol. The lowest BCUT2D eigenvalue weighted by molar-refractivity contribution is -0.210. The second-order valence-electron chi connectivity index (χ2n) is 3.19. The zero-order valence-electron chi connectivity index (χ0n) is 8.21. The van der Waals surface area contributed by atoms with Gasteiger partial charge in [-0.1, -0.05) is 6.07 Å². The third-order valence-electron chi connectivity index (χ3n) is 2.00. The van der Waals surface area contributed by atoms with E-state index in [0.717, 1.165) is 6.07 Å². The van der Waals surface area contributed by atoms with Gasteiger partial charge >= 0.3 is 6.18 Å². The molecule has 0 radical (unpaired) electrons. The van der Waals surface area contributed by atoms with Crippen molar-refractivity contribution in [2.75, 3.05) is 0 Å². The van der Waals surface area contributed by atoms with Crippen LogP contribution in [-0.2, 0) is 0 Å². The molecule has 0 aromatic heterocycles. The second kappa shape index (κ2) is 5.61. The summed E-state index contributed by atoms with van der Waals surface area (Å²) in [4.78, 5) is 0. The van der Waals surface area contributed by atoms with Crippen LogP contribution in [0.25, 0.3) is 0 Å². The number of aliphatic hydroxyl groups excluding tert-OH is 1. The van der Waals surface area contributed by atoms with Gasteiger partial charge in [0.2, 0.25) is 0 Å². The van der Waals surface area contributed by atoms with Gasteiger partial charge in [-0.25, -0.2) is 8.78 Å². The molecule has 0 aliphatic heterocycles. The average molecular weight is 278 g/mol. The van der Waals surface area contributed by atoms with E-state index in [1.165, 1.54) is 0 Å². The Labute approximate surface area is 99.6 Å². The highest BCUT2D eigenvalue weighted by Gasteiger charge is 2.42. The molecule has 1 aromatic rings. The first-order chi connectivity index (χ1) is 7.23. The van der Waals surface area contributed by atoms with Gasteiger partial charge in [0, 0.05) is 0 Å². The van der Waals surface area contributed by atoms with Crippen molar-refractivity contribution in [2.45, 2.75) is 18.3 Å². The van der Waals surface area contributed by atoms with Crippen LogP contribution in [-0.4, -0.2) is 17.4 Å². The molecule has 0 heterocycles. The summed E-state index contributed by atoms with van der Waals surface area (Å²) >= 11 is 0. The predicted octanol–water partition coefficient (Wildman–Crippen LogP) is 2.31. The van der Waals surface area contributed by atoms with Crippen molar-refractivity contribution < 1.29 is 27.1 Å². The number of aliphatic hydroxyl groups is 1. The highest BCUT2D eigenvalue weighted by molar-refractivity contribution is 5.85. The Morgan fingerprint density at radius 3 is 2.06 bits per heavy atom. The van der Waals surface area contributed by atoms with Crippen LogP contribution in [0.2, 0.25) is 0 Å². The van der Waals surface area contributed by atoms with Crippen LogP contribution in [0.3, 0.4) is 0 Å². The molecule has 1 aromatic carbocycles. The summed E-state index contributed by atoms with van der Waals surface area (Å²) < 4.78 is 61.4. The van der Waals surface area contributed by atoms with Crippen molar-refractivity contribution in [3.05, 3.63) is 35.4 Å². The van der Waals surface area contributed by atoms with Crippen molar-refractivity contribution in [3.8, 4) is 0 Å². The van der Waals surface area contributed by atoms with Gasteiger partial charge in [-0.3, -0.25) is 0 Å². The molecule has 0 unspecified atom stereocenters. The maximum Gasteiger partial charge on any atom is 0.416 e. The van der Waals surface area contributed by atoms with E-state index in [9.17, 15) is 22.0 Å². The number of rotatable bonds is 2. The van der Waals surface area contributed by atoms with E-state index in [1.54, 1.807) is 0 Å². The first kappa shape index (κ1) is 16.1. The third-order valence-corrected chi connectivity index (χ3v) is 2.00. The summed E-state index contributed by atoms with van der Waals surface area (Å²) in [5, 5.41) is 8.80. The van der Waals surface area contributed by atoms with Crippen LogP contribution in [0.1, 0.15) is 11.6 Å². The molecule has 0 saturated carbocycles. The molecule has 3 N–H and O–H groups in total. The van der Waals surface area contributed by atoms with Crippen LogP contribution < -0.4 is 5.73 Å². The molecule has 0 spiro atoms. The molecular formula is C9H9ClF5NO. The van der Waals surface area contributed by atoms with Crippen molar-refractivity contribution >= 4 is 12.4 Å². The Morgan fingerprint density at radius 1 is 1.12 bits per heavy atom. The summed E-state index contributed by atoms with van der Waals surface area (Å²) in [7, 11) is 0. The molecule has 0 amide bonds. The molecule has 2 nitrogen and oxygen atoms in total. The maximum absolute atomic E-state index is 12.7. The van der Waals surface area contributed by atoms with E-state index in [-0.39, 0.29) is 18.0 Å². The fraction of sp³-hybridized carbons (Fsp3) is 0.333. The minimum absolute atomic E-state index is 0. The third kappa shape index (κ3) is 3.79. The van der Waals surface area contributed by atoms with Crippen molar-refractivity contribution in [2.24, 2.45) is 5.73 Å². The van der Waals surface area contributed by atoms with Crippen LogP contribution >= 0.6 is 12.4 Å². The second-order valence-corrected chi connectivity index (χ2v) is 3.19. The Bertz CT molecular complexity index is 384. The lowest BCUT2D eigenvalue weighted by Gasteiger charge is -2.21. The van der Waals surface area contributed by atoms with E-state index in [2.05, 4.69) is 0 Å². The molecule has 8 heteroatoms. The maximum atomic E-state index is 12.7. The van der Waals surface area contributed by atoms with E-state index >= 15 is 0 Å². The van der Waals surface area contributed by atoms with Gasteiger partial charge in [-0.2, -0.15) is 13.2 Å². The summed E-state index contributed by atoms with van der Waals surface area (Å²) in [5.41, 5.74) is 4.75. The Hall–Kier alpha value is -0.920. The number of nitrogens with two attached hydrogens (primary N) is 1. The first-order valence-electron chi connectivity index (χ1n) is 4.19. The first-order valence-corrected chi connectivity index (χ1v) is 4.19. The van der Waals surface area contributed by atoms with E-state index in [0.29, 0.717) is 12.1 Å². The molecule has 2 atom stereocenters.